The highest BCUT2D eigenvalue weighted by Gasteiger charge is 2.32. The van der Waals surface area contributed by atoms with Gasteiger partial charge in [0.15, 0.2) is 5.65 Å². The van der Waals surface area contributed by atoms with E-state index >= 15 is 0 Å². The van der Waals surface area contributed by atoms with Crippen molar-refractivity contribution in [3.05, 3.63) is 49.9 Å². The number of fused-ring (bicyclic) bond motifs is 2. The summed E-state index contributed by atoms with van der Waals surface area (Å²) in [6.45, 7) is 3.96. The molecule has 3 aromatic heterocycles. The Morgan fingerprint density at radius 1 is 1.15 bits per heavy atom. The molecule has 7 heteroatoms. The van der Waals surface area contributed by atoms with Crippen LogP contribution in [0.25, 0.3) is 33.3 Å². The molecule has 1 aliphatic rings. The maximum atomic E-state index is 9.91. The summed E-state index contributed by atoms with van der Waals surface area (Å²) in [5.41, 5.74) is 2.07. The van der Waals surface area contributed by atoms with Crippen LogP contribution in [-0.2, 0) is 0 Å². The van der Waals surface area contributed by atoms with Gasteiger partial charge in [-0.05, 0) is 24.6 Å². The Hall–Kier alpha value is -3.06. The van der Waals surface area contributed by atoms with Gasteiger partial charge in [-0.15, -0.1) is 0 Å². The first-order valence-corrected chi connectivity index (χ1v) is 8.90. The second-order valence-corrected chi connectivity index (χ2v) is 6.91. The van der Waals surface area contributed by atoms with Crippen LogP contribution in [0.3, 0.4) is 0 Å². The van der Waals surface area contributed by atoms with Crippen LogP contribution in [0.5, 0.6) is 5.88 Å². The second kappa shape index (κ2) is 6.28. The molecule has 5 rings (SSSR count). The van der Waals surface area contributed by atoms with Gasteiger partial charge in [-0.2, -0.15) is 4.98 Å². The third kappa shape index (κ3) is 2.80. The molecule has 3 atom stereocenters. The first-order chi connectivity index (χ1) is 13.2. The Morgan fingerprint density at radius 3 is 2.89 bits per heavy atom. The lowest BCUT2D eigenvalue weighted by Gasteiger charge is -2.12. The molecular formula is C20H18N5O2. The van der Waals surface area contributed by atoms with E-state index < -0.39 is 6.10 Å². The predicted octanol–water partition coefficient (Wildman–Crippen LogP) is 2.92. The first-order valence-electron chi connectivity index (χ1n) is 8.90. The monoisotopic (exact) mass is 360 g/mol. The molecule has 135 valence electrons. The highest BCUT2D eigenvalue weighted by Crippen LogP contribution is 2.32. The molecule has 1 saturated carbocycles. The molecule has 0 amide bonds. The summed E-state index contributed by atoms with van der Waals surface area (Å²) in [5.74, 6) is 1.09. The van der Waals surface area contributed by atoms with Gasteiger partial charge in [0, 0.05) is 29.8 Å². The van der Waals surface area contributed by atoms with E-state index in [1.54, 1.807) is 6.20 Å². The van der Waals surface area contributed by atoms with Crippen LogP contribution < -0.4 is 4.74 Å². The number of aromatic amines is 1. The quantitative estimate of drug-likeness (QED) is 0.583. The van der Waals surface area contributed by atoms with E-state index in [1.807, 2.05) is 30.5 Å². The van der Waals surface area contributed by atoms with Crippen molar-refractivity contribution >= 4 is 21.9 Å². The van der Waals surface area contributed by atoms with E-state index in [2.05, 4.69) is 31.8 Å². The fourth-order valence-electron chi connectivity index (χ4n) is 3.64. The molecule has 0 bridgehead atoms. The number of hydrogen-bond acceptors (Lipinski definition) is 6. The van der Waals surface area contributed by atoms with E-state index in [0.29, 0.717) is 35.7 Å². The first kappa shape index (κ1) is 16.1. The highest BCUT2D eigenvalue weighted by atomic mass is 16.5. The summed E-state index contributed by atoms with van der Waals surface area (Å²) in [5, 5.41) is 12.0. The van der Waals surface area contributed by atoms with Crippen molar-refractivity contribution in [2.24, 2.45) is 5.92 Å². The van der Waals surface area contributed by atoms with Gasteiger partial charge in [-0.25, -0.2) is 9.97 Å². The predicted molar refractivity (Wildman–Crippen MR) is 101 cm³/mol. The fraction of sp³-hybridized carbons (Fsp3) is 0.250. The lowest BCUT2D eigenvalue weighted by atomic mass is 10.1. The van der Waals surface area contributed by atoms with Gasteiger partial charge in [0.2, 0.25) is 5.88 Å². The molecule has 27 heavy (non-hydrogen) atoms. The maximum Gasteiger partial charge on any atom is 0.243 e. The van der Waals surface area contributed by atoms with E-state index in [-0.39, 0.29) is 12.0 Å². The van der Waals surface area contributed by atoms with Crippen molar-refractivity contribution in [1.82, 2.24) is 24.9 Å². The minimum atomic E-state index is -0.439. The minimum absolute atomic E-state index is 0.0218. The van der Waals surface area contributed by atoms with Crippen LogP contribution in [0.2, 0.25) is 0 Å². The maximum absolute atomic E-state index is 9.91. The molecular weight excluding hydrogens is 342 g/mol. The van der Waals surface area contributed by atoms with Crippen LogP contribution in [0.4, 0.5) is 0 Å². The molecule has 1 aromatic carbocycles. The highest BCUT2D eigenvalue weighted by molar-refractivity contribution is 5.95. The van der Waals surface area contributed by atoms with Crippen molar-refractivity contribution in [3.63, 3.8) is 0 Å². The summed E-state index contributed by atoms with van der Waals surface area (Å²) in [7, 11) is 0. The number of aliphatic hydroxyl groups excluding tert-OH is 1. The summed E-state index contributed by atoms with van der Waals surface area (Å²) in [4.78, 5) is 20.7. The van der Waals surface area contributed by atoms with Crippen molar-refractivity contribution in [3.8, 4) is 17.3 Å². The lowest BCUT2D eigenvalue weighted by Crippen LogP contribution is -2.14. The van der Waals surface area contributed by atoms with Crippen molar-refractivity contribution < 1.29 is 9.84 Å². The number of aromatic nitrogens is 5. The molecule has 0 spiro atoms. The van der Waals surface area contributed by atoms with Crippen LogP contribution in [0, 0.1) is 12.8 Å². The number of imidazole rings is 1. The average Bonchev–Trinajstić information content (AvgIpc) is 3.25. The Kier molecular flexibility index (Phi) is 3.75. The second-order valence-electron chi connectivity index (χ2n) is 6.91. The minimum Gasteiger partial charge on any atom is -0.473 e. The number of nitrogens with one attached hydrogen (secondary N) is 1. The van der Waals surface area contributed by atoms with Crippen molar-refractivity contribution in [2.45, 2.75) is 25.0 Å². The van der Waals surface area contributed by atoms with Gasteiger partial charge >= 0.3 is 0 Å². The fourth-order valence-corrected chi connectivity index (χ4v) is 3.64. The zero-order valence-electron chi connectivity index (χ0n) is 14.5. The Labute approximate surface area is 155 Å². The number of nitrogens with zero attached hydrogens (tertiary/aromatic N) is 4. The van der Waals surface area contributed by atoms with Crippen LogP contribution in [0.15, 0.2) is 43.0 Å². The SMILES string of the molecule is [CH2][C@H]1C[C@@H](Oc2ncnc3nc(-c4cncc5ccccc45)[nH]c23)C[C@@H]1O. The van der Waals surface area contributed by atoms with Crippen LogP contribution in [0.1, 0.15) is 12.8 Å². The van der Waals surface area contributed by atoms with E-state index in [1.165, 1.54) is 6.33 Å². The molecule has 1 fully saturated rings. The normalized spacial score (nSPS) is 22.5. The molecule has 0 saturated heterocycles. The van der Waals surface area contributed by atoms with Crippen molar-refractivity contribution in [1.29, 1.82) is 0 Å². The molecule has 3 heterocycles. The smallest absolute Gasteiger partial charge is 0.243 e. The van der Waals surface area contributed by atoms with E-state index in [9.17, 15) is 5.11 Å². The van der Waals surface area contributed by atoms with Gasteiger partial charge in [0.25, 0.3) is 0 Å². The summed E-state index contributed by atoms with van der Waals surface area (Å²) >= 11 is 0. The molecule has 4 aromatic rings. The Morgan fingerprint density at radius 2 is 2.04 bits per heavy atom. The van der Waals surface area contributed by atoms with Gasteiger partial charge in [0.05, 0.1) is 6.10 Å². The molecule has 1 aliphatic carbocycles. The lowest BCUT2D eigenvalue weighted by molar-refractivity contribution is 0.135. The number of pyridine rings is 1. The van der Waals surface area contributed by atoms with Gasteiger partial charge in [-0.3, -0.25) is 4.98 Å². The Balaban J connectivity index is 1.56. The summed E-state index contributed by atoms with van der Waals surface area (Å²) in [6, 6.07) is 8.03. The van der Waals surface area contributed by atoms with Crippen molar-refractivity contribution in [2.75, 3.05) is 0 Å². The topological polar surface area (TPSA) is 96.8 Å². The number of benzene rings is 1. The summed E-state index contributed by atoms with van der Waals surface area (Å²) < 4.78 is 6.03. The van der Waals surface area contributed by atoms with E-state index in [0.717, 1.165) is 16.3 Å². The molecule has 1 radical (unpaired) electrons. The van der Waals surface area contributed by atoms with Gasteiger partial charge in [0.1, 0.15) is 23.8 Å². The standard InChI is InChI=1S/C20H18N5O2/c1-11-6-13(7-16(11)26)27-20-17-19(22-10-23-20)25-18(24-17)15-9-21-8-12-4-2-3-5-14(12)15/h2-5,8-11,13,16,26H,1,6-7H2,(H,22,23,24,25)/t11-,13+,16-/m0/s1. The number of ether oxygens (including phenoxy) is 1. The zero-order chi connectivity index (χ0) is 18.4. The number of aliphatic hydroxyl groups is 1. The van der Waals surface area contributed by atoms with E-state index in [4.69, 9.17) is 4.74 Å². The average molecular weight is 360 g/mol. The van der Waals surface area contributed by atoms with Crippen LogP contribution >= 0.6 is 0 Å². The zero-order valence-corrected chi connectivity index (χ0v) is 14.5. The number of hydrogen-bond donors (Lipinski definition) is 2. The molecule has 7 nitrogen and oxygen atoms in total. The largest absolute Gasteiger partial charge is 0.473 e. The molecule has 0 aliphatic heterocycles. The Bertz CT molecular complexity index is 1110. The molecule has 2 N–H and O–H groups in total. The van der Waals surface area contributed by atoms with Crippen LogP contribution in [-0.4, -0.2) is 42.2 Å². The number of H-pyrrole nitrogens is 1. The third-order valence-electron chi connectivity index (χ3n) is 5.07. The van der Waals surface area contributed by atoms with Gasteiger partial charge in [-0.1, -0.05) is 24.3 Å². The summed E-state index contributed by atoms with van der Waals surface area (Å²) in [6.07, 6.45) is 5.74. The molecule has 0 unspecified atom stereocenters. The number of rotatable bonds is 3. The van der Waals surface area contributed by atoms with Gasteiger partial charge < -0.3 is 14.8 Å². The third-order valence-corrected chi connectivity index (χ3v) is 5.07.